The normalized spacial score (nSPS) is 10.5. The van der Waals surface area contributed by atoms with Gasteiger partial charge in [0.1, 0.15) is 0 Å². The Morgan fingerprint density at radius 2 is 1.88 bits per heavy atom. The van der Waals surface area contributed by atoms with Crippen molar-refractivity contribution in [3.05, 3.63) is 29.3 Å². The van der Waals surface area contributed by atoms with Crippen molar-refractivity contribution in [2.75, 3.05) is 5.73 Å². The molecule has 0 saturated carbocycles. The van der Waals surface area contributed by atoms with Crippen molar-refractivity contribution in [2.24, 2.45) is 5.73 Å². The maximum absolute atomic E-state index is 11.0. The first-order chi connectivity index (χ1) is 7.97. The summed E-state index contributed by atoms with van der Waals surface area (Å²) in [5.74, 6) is -0.313. The Kier molecular flexibility index (Phi) is 2.51. The molecule has 88 valence electrons. The van der Waals surface area contributed by atoms with Gasteiger partial charge in [-0.15, -0.1) is 0 Å². The van der Waals surface area contributed by atoms with Crippen LogP contribution in [0.3, 0.4) is 0 Å². The molecule has 1 amide bonds. The highest BCUT2D eigenvalue weighted by Gasteiger charge is 2.13. The van der Waals surface area contributed by atoms with Crippen LogP contribution in [0.15, 0.2) is 12.3 Å². The number of hydrogen-bond donors (Lipinski definition) is 2. The number of anilines is 1. The number of nitrogens with two attached hydrogens (primary N) is 2. The fourth-order valence-corrected chi connectivity index (χ4v) is 1.49. The molecular formula is C10H12N6O. The molecule has 7 nitrogen and oxygen atoms in total. The molecule has 0 spiro atoms. The summed E-state index contributed by atoms with van der Waals surface area (Å²) >= 11 is 0. The van der Waals surface area contributed by atoms with E-state index < -0.39 is 5.91 Å². The summed E-state index contributed by atoms with van der Waals surface area (Å²) in [6.07, 6.45) is 1.47. The highest BCUT2D eigenvalue weighted by Crippen LogP contribution is 2.11. The van der Waals surface area contributed by atoms with E-state index in [1.54, 1.807) is 0 Å². The molecule has 0 bridgehead atoms. The van der Waals surface area contributed by atoms with E-state index in [4.69, 9.17) is 11.5 Å². The van der Waals surface area contributed by atoms with E-state index in [0.717, 1.165) is 11.4 Å². The number of amides is 1. The molecule has 4 N–H and O–H groups in total. The number of nitrogen functional groups attached to an aromatic ring is 1. The first kappa shape index (κ1) is 11.1. The minimum absolute atomic E-state index is 0.0211. The van der Waals surface area contributed by atoms with Gasteiger partial charge in [0, 0.05) is 11.4 Å². The first-order valence-electron chi connectivity index (χ1n) is 4.95. The molecule has 2 aromatic rings. The van der Waals surface area contributed by atoms with E-state index in [2.05, 4.69) is 15.1 Å². The smallest absolute Gasteiger partial charge is 0.271 e. The van der Waals surface area contributed by atoms with Crippen LogP contribution in [0.2, 0.25) is 0 Å². The van der Waals surface area contributed by atoms with Crippen molar-refractivity contribution >= 4 is 11.6 Å². The van der Waals surface area contributed by atoms with Gasteiger partial charge in [-0.1, -0.05) is 0 Å². The Bertz CT molecular complexity index is 568. The third kappa shape index (κ3) is 2.07. The Balaban J connectivity index is 2.53. The van der Waals surface area contributed by atoms with Crippen LogP contribution in [-0.4, -0.2) is 25.7 Å². The lowest BCUT2D eigenvalue weighted by molar-refractivity contribution is 0.0996. The molecule has 2 heterocycles. The highest BCUT2D eigenvalue weighted by atomic mass is 16.1. The topological polar surface area (TPSA) is 113 Å². The van der Waals surface area contributed by atoms with Gasteiger partial charge in [0.05, 0.1) is 11.9 Å². The summed E-state index contributed by atoms with van der Waals surface area (Å²) in [4.78, 5) is 19.4. The van der Waals surface area contributed by atoms with E-state index >= 15 is 0 Å². The first-order valence-corrected chi connectivity index (χ1v) is 4.95. The number of nitrogens with zero attached hydrogens (tertiary/aromatic N) is 4. The Hall–Kier alpha value is -2.44. The predicted molar refractivity (Wildman–Crippen MR) is 61.6 cm³/mol. The minimum Gasteiger partial charge on any atom is -0.395 e. The molecule has 7 heteroatoms. The van der Waals surface area contributed by atoms with Crippen molar-refractivity contribution in [1.82, 2.24) is 19.7 Å². The molecular weight excluding hydrogens is 220 g/mol. The van der Waals surface area contributed by atoms with Gasteiger partial charge in [-0.05, 0) is 19.9 Å². The Labute approximate surface area is 97.5 Å². The van der Waals surface area contributed by atoms with Crippen molar-refractivity contribution in [3.8, 4) is 5.95 Å². The van der Waals surface area contributed by atoms with Crippen LogP contribution in [0.4, 0.5) is 5.69 Å². The lowest BCUT2D eigenvalue weighted by Gasteiger charge is -2.01. The highest BCUT2D eigenvalue weighted by molar-refractivity contribution is 5.95. The van der Waals surface area contributed by atoms with Crippen LogP contribution in [0, 0.1) is 13.8 Å². The van der Waals surface area contributed by atoms with Crippen LogP contribution < -0.4 is 11.5 Å². The van der Waals surface area contributed by atoms with Crippen LogP contribution in [0.1, 0.15) is 21.9 Å². The fraction of sp³-hybridized carbons (Fsp3) is 0.200. The van der Waals surface area contributed by atoms with E-state index in [1.807, 2.05) is 19.9 Å². The molecule has 0 aromatic carbocycles. The van der Waals surface area contributed by atoms with Gasteiger partial charge in [-0.2, -0.15) is 5.10 Å². The van der Waals surface area contributed by atoms with E-state index in [0.29, 0.717) is 5.95 Å². The predicted octanol–water partition coefficient (Wildman–Crippen LogP) is -0.0398. The zero-order valence-electron chi connectivity index (χ0n) is 9.51. The summed E-state index contributed by atoms with van der Waals surface area (Å²) in [6, 6.07) is 1.84. The molecule has 0 atom stereocenters. The standard InChI is InChI=1S/C10H12N6O/c1-5-3-6(2)14-10(13-5)16-4-7(11)8(15-16)9(12)17/h3-4H,11H2,1-2H3,(H2,12,17). The average molecular weight is 232 g/mol. The van der Waals surface area contributed by atoms with Gasteiger partial charge in [-0.3, -0.25) is 4.79 Å². The zero-order chi connectivity index (χ0) is 12.6. The molecule has 0 unspecified atom stereocenters. The number of carbonyl (C=O) groups excluding carboxylic acids is 1. The summed E-state index contributed by atoms with van der Waals surface area (Å²) in [5.41, 5.74) is 12.6. The maximum Gasteiger partial charge on any atom is 0.271 e. The molecule has 0 saturated heterocycles. The van der Waals surface area contributed by atoms with Crippen molar-refractivity contribution < 1.29 is 4.79 Å². The second-order valence-corrected chi connectivity index (χ2v) is 3.69. The van der Waals surface area contributed by atoms with Gasteiger partial charge in [-0.25, -0.2) is 14.6 Å². The number of carbonyl (C=O) groups is 1. The second-order valence-electron chi connectivity index (χ2n) is 3.69. The van der Waals surface area contributed by atoms with Gasteiger partial charge >= 0.3 is 0 Å². The SMILES string of the molecule is Cc1cc(C)nc(-n2cc(N)c(C(N)=O)n2)n1. The number of primary amides is 1. The minimum atomic E-state index is -0.675. The molecule has 2 aromatic heterocycles. The summed E-state index contributed by atoms with van der Waals surface area (Å²) < 4.78 is 1.34. The number of rotatable bonds is 2. The molecule has 0 aliphatic heterocycles. The van der Waals surface area contributed by atoms with E-state index in [9.17, 15) is 4.79 Å². The van der Waals surface area contributed by atoms with Crippen LogP contribution in [0.5, 0.6) is 0 Å². The largest absolute Gasteiger partial charge is 0.395 e. The maximum atomic E-state index is 11.0. The lowest BCUT2D eigenvalue weighted by Crippen LogP contribution is -2.14. The molecule has 2 rings (SSSR count). The van der Waals surface area contributed by atoms with Crippen molar-refractivity contribution in [2.45, 2.75) is 13.8 Å². The van der Waals surface area contributed by atoms with Crippen molar-refractivity contribution in [3.63, 3.8) is 0 Å². The van der Waals surface area contributed by atoms with Gasteiger partial charge in [0.15, 0.2) is 5.69 Å². The third-order valence-electron chi connectivity index (χ3n) is 2.15. The number of aryl methyl sites for hydroxylation is 2. The summed E-state index contributed by atoms with van der Waals surface area (Å²) in [7, 11) is 0. The summed E-state index contributed by atoms with van der Waals surface area (Å²) in [5, 5.41) is 3.95. The summed E-state index contributed by atoms with van der Waals surface area (Å²) in [6.45, 7) is 3.69. The monoisotopic (exact) mass is 232 g/mol. The van der Waals surface area contributed by atoms with E-state index in [1.165, 1.54) is 10.9 Å². The van der Waals surface area contributed by atoms with Crippen LogP contribution >= 0.6 is 0 Å². The molecule has 0 aliphatic rings. The quantitative estimate of drug-likeness (QED) is 0.754. The van der Waals surface area contributed by atoms with Gasteiger partial charge in [0.25, 0.3) is 11.9 Å². The average Bonchev–Trinajstić information content (AvgIpc) is 2.59. The second kappa shape index (κ2) is 3.85. The fourth-order valence-electron chi connectivity index (χ4n) is 1.49. The molecule has 0 fully saturated rings. The van der Waals surface area contributed by atoms with Crippen molar-refractivity contribution in [1.29, 1.82) is 0 Å². The number of aromatic nitrogens is 4. The zero-order valence-corrected chi connectivity index (χ0v) is 9.51. The van der Waals surface area contributed by atoms with E-state index in [-0.39, 0.29) is 11.4 Å². The molecule has 17 heavy (non-hydrogen) atoms. The third-order valence-corrected chi connectivity index (χ3v) is 2.15. The van der Waals surface area contributed by atoms with Gasteiger partial charge in [0.2, 0.25) is 0 Å². The molecule has 0 radical (unpaired) electrons. The van der Waals surface area contributed by atoms with Gasteiger partial charge < -0.3 is 11.5 Å². The Morgan fingerprint density at radius 1 is 1.29 bits per heavy atom. The Morgan fingerprint density at radius 3 is 2.35 bits per heavy atom. The number of hydrogen-bond acceptors (Lipinski definition) is 5. The lowest BCUT2D eigenvalue weighted by atomic mass is 10.3. The molecule has 0 aliphatic carbocycles. The van der Waals surface area contributed by atoms with Crippen LogP contribution in [0.25, 0.3) is 5.95 Å². The van der Waals surface area contributed by atoms with Crippen LogP contribution in [-0.2, 0) is 0 Å².